The van der Waals surface area contributed by atoms with Gasteiger partial charge in [-0.3, -0.25) is 5.32 Å². The van der Waals surface area contributed by atoms with Gasteiger partial charge in [0.15, 0.2) is 0 Å². The predicted molar refractivity (Wildman–Crippen MR) is 86.8 cm³/mol. The summed E-state index contributed by atoms with van der Waals surface area (Å²) in [7, 11) is 0. The van der Waals surface area contributed by atoms with E-state index in [2.05, 4.69) is 24.1 Å². The normalized spacial score (nSPS) is 14.1. The Kier molecular flexibility index (Phi) is 7.15. The van der Waals surface area contributed by atoms with Gasteiger partial charge in [-0.2, -0.15) is 0 Å². The molecule has 1 aromatic carbocycles. The summed E-state index contributed by atoms with van der Waals surface area (Å²) < 4.78 is 0. The van der Waals surface area contributed by atoms with Crippen LogP contribution >= 0.6 is 11.6 Å². The number of likely N-dealkylation sites (N-methyl/N-ethyl adjacent to an activating group) is 1. The lowest BCUT2D eigenvalue weighted by atomic mass is 9.87. The highest BCUT2D eigenvalue weighted by atomic mass is 35.5. The molecule has 0 aromatic heterocycles. The Bertz CT molecular complexity index is 463. The van der Waals surface area contributed by atoms with Gasteiger partial charge in [0.25, 0.3) is 0 Å². The van der Waals surface area contributed by atoms with Crippen molar-refractivity contribution in [2.75, 3.05) is 26.2 Å². The smallest absolute Gasteiger partial charge is 0.328 e. The minimum absolute atomic E-state index is 0.459. The number of hydrogen-bond acceptors (Lipinski definition) is 3. The second kappa shape index (κ2) is 8.37. The van der Waals surface area contributed by atoms with Crippen LogP contribution in [0, 0.1) is 0 Å². The van der Waals surface area contributed by atoms with Gasteiger partial charge < -0.3 is 10.0 Å². The fourth-order valence-electron chi connectivity index (χ4n) is 2.50. The molecule has 0 fully saturated rings. The highest BCUT2D eigenvalue weighted by Gasteiger charge is 2.38. The molecular weight excluding hydrogens is 288 g/mol. The van der Waals surface area contributed by atoms with E-state index in [1.807, 2.05) is 13.0 Å². The average molecular weight is 313 g/mol. The summed E-state index contributed by atoms with van der Waals surface area (Å²) in [6.07, 6.45) is 0.459. The van der Waals surface area contributed by atoms with E-state index in [9.17, 15) is 9.90 Å². The zero-order valence-corrected chi connectivity index (χ0v) is 13.8. The number of carbonyl (C=O) groups is 1. The van der Waals surface area contributed by atoms with Crippen molar-refractivity contribution in [2.24, 2.45) is 0 Å². The number of halogens is 1. The number of aliphatic carboxylic acids is 1. The minimum Gasteiger partial charge on any atom is -0.480 e. The number of nitrogens with zero attached hydrogens (tertiary/aromatic N) is 1. The lowest BCUT2D eigenvalue weighted by Crippen LogP contribution is -2.51. The van der Waals surface area contributed by atoms with Crippen LogP contribution in [0.15, 0.2) is 24.3 Å². The molecule has 1 atom stereocenters. The number of carboxylic acid groups (broad SMARTS) is 1. The summed E-state index contributed by atoms with van der Waals surface area (Å²) in [5.41, 5.74) is -0.387. The van der Waals surface area contributed by atoms with E-state index in [1.165, 1.54) is 0 Å². The molecule has 5 heteroatoms. The molecule has 4 nitrogen and oxygen atoms in total. The first-order valence-corrected chi connectivity index (χ1v) is 7.84. The van der Waals surface area contributed by atoms with E-state index in [-0.39, 0.29) is 0 Å². The SMILES string of the molecule is CCN(CC)CCNC(CC)(C(=O)O)c1cccc(Cl)c1. The fraction of sp³-hybridized carbons (Fsp3) is 0.562. The van der Waals surface area contributed by atoms with Crippen molar-refractivity contribution in [1.29, 1.82) is 0 Å². The van der Waals surface area contributed by atoms with E-state index >= 15 is 0 Å². The summed E-state index contributed by atoms with van der Waals surface area (Å²) in [5, 5.41) is 13.5. The van der Waals surface area contributed by atoms with Crippen LogP contribution in [-0.2, 0) is 10.3 Å². The third kappa shape index (κ3) is 4.43. The van der Waals surface area contributed by atoms with Crippen LogP contribution in [0.4, 0.5) is 0 Å². The Hall–Kier alpha value is -1.10. The quantitative estimate of drug-likeness (QED) is 0.736. The second-order valence-electron chi connectivity index (χ2n) is 5.03. The van der Waals surface area contributed by atoms with Crippen molar-refractivity contribution in [3.05, 3.63) is 34.9 Å². The van der Waals surface area contributed by atoms with Gasteiger partial charge in [0, 0.05) is 18.1 Å². The summed E-state index contributed by atoms with van der Waals surface area (Å²) in [6, 6.07) is 7.08. The molecule has 0 amide bonds. The van der Waals surface area contributed by atoms with Crippen molar-refractivity contribution in [2.45, 2.75) is 32.7 Å². The highest BCUT2D eigenvalue weighted by Crippen LogP contribution is 2.27. The summed E-state index contributed by atoms with van der Waals surface area (Å²) in [4.78, 5) is 14.1. The van der Waals surface area contributed by atoms with Crippen LogP contribution in [0.1, 0.15) is 32.8 Å². The van der Waals surface area contributed by atoms with Crippen LogP contribution < -0.4 is 5.32 Å². The molecule has 0 radical (unpaired) electrons. The van der Waals surface area contributed by atoms with Crippen LogP contribution in [-0.4, -0.2) is 42.2 Å². The highest BCUT2D eigenvalue weighted by molar-refractivity contribution is 6.30. The van der Waals surface area contributed by atoms with Crippen molar-refractivity contribution < 1.29 is 9.90 Å². The summed E-state index contributed by atoms with van der Waals surface area (Å²) in [6.45, 7) is 9.44. The molecule has 0 bridgehead atoms. The zero-order valence-electron chi connectivity index (χ0n) is 13.0. The van der Waals surface area contributed by atoms with Gasteiger partial charge in [-0.05, 0) is 37.2 Å². The molecule has 1 unspecified atom stereocenters. The van der Waals surface area contributed by atoms with Gasteiger partial charge in [0.2, 0.25) is 0 Å². The Morgan fingerprint density at radius 1 is 1.33 bits per heavy atom. The third-order valence-corrected chi connectivity index (χ3v) is 4.20. The molecule has 0 saturated heterocycles. The summed E-state index contributed by atoms with van der Waals surface area (Å²) in [5.74, 6) is -0.869. The maximum absolute atomic E-state index is 11.9. The Morgan fingerprint density at radius 2 is 2.00 bits per heavy atom. The van der Waals surface area contributed by atoms with Gasteiger partial charge in [-0.25, -0.2) is 4.79 Å². The second-order valence-corrected chi connectivity index (χ2v) is 5.46. The first-order chi connectivity index (χ1) is 10.00. The van der Waals surface area contributed by atoms with Crippen molar-refractivity contribution >= 4 is 17.6 Å². The maximum atomic E-state index is 11.9. The van der Waals surface area contributed by atoms with E-state index in [4.69, 9.17) is 11.6 Å². The van der Waals surface area contributed by atoms with E-state index in [0.29, 0.717) is 23.6 Å². The third-order valence-electron chi connectivity index (χ3n) is 3.96. The lowest BCUT2D eigenvalue weighted by Gasteiger charge is -2.31. The molecule has 0 heterocycles. The van der Waals surface area contributed by atoms with Gasteiger partial charge in [-0.15, -0.1) is 0 Å². The molecule has 1 aromatic rings. The molecule has 118 valence electrons. The molecular formula is C16H25ClN2O2. The van der Waals surface area contributed by atoms with Gasteiger partial charge >= 0.3 is 5.97 Å². The van der Waals surface area contributed by atoms with Crippen LogP contribution in [0.25, 0.3) is 0 Å². The largest absolute Gasteiger partial charge is 0.480 e. The van der Waals surface area contributed by atoms with E-state index in [0.717, 1.165) is 19.6 Å². The van der Waals surface area contributed by atoms with Crippen molar-refractivity contribution in [1.82, 2.24) is 10.2 Å². The number of nitrogens with one attached hydrogen (secondary N) is 1. The predicted octanol–water partition coefficient (Wildman–Crippen LogP) is 2.96. The molecule has 2 N–H and O–H groups in total. The maximum Gasteiger partial charge on any atom is 0.328 e. The Balaban J connectivity index is 2.92. The van der Waals surface area contributed by atoms with Crippen LogP contribution in [0.3, 0.4) is 0 Å². The standard InChI is InChI=1S/C16H25ClN2O2/c1-4-16(15(20)21,13-8-7-9-14(17)12-13)18-10-11-19(5-2)6-3/h7-9,12,18H,4-6,10-11H2,1-3H3,(H,20,21). The number of benzene rings is 1. The topological polar surface area (TPSA) is 52.6 Å². The monoisotopic (exact) mass is 312 g/mol. The molecule has 0 aliphatic carbocycles. The number of hydrogen-bond donors (Lipinski definition) is 2. The summed E-state index contributed by atoms with van der Waals surface area (Å²) >= 11 is 6.01. The molecule has 0 aliphatic rings. The molecule has 0 aliphatic heterocycles. The first kappa shape index (κ1) is 18.0. The average Bonchev–Trinajstić information content (AvgIpc) is 2.47. The van der Waals surface area contributed by atoms with Crippen LogP contribution in [0.2, 0.25) is 5.02 Å². The van der Waals surface area contributed by atoms with E-state index < -0.39 is 11.5 Å². The molecule has 0 spiro atoms. The van der Waals surface area contributed by atoms with E-state index in [1.54, 1.807) is 18.2 Å². The van der Waals surface area contributed by atoms with Crippen molar-refractivity contribution in [3.63, 3.8) is 0 Å². The van der Waals surface area contributed by atoms with Gasteiger partial charge in [0.1, 0.15) is 5.54 Å². The Morgan fingerprint density at radius 3 is 2.48 bits per heavy atom. The first-order valence-electron chi connectivity index (χ1n) is 7.47. The van der Waals surface area contributed by atoms with Gasteiger partial charge in [0.05, 0.1) is 0 Å². The van der Waals surface area contributed by atoms with Gasteiger partial charge in [-0.1, -0.05) is 44.5 Å². The fourth-order valence-corrected chi connectivity index (χ4v) is 2.69. The lowest BCUT2D eigenvalue weighted by molar-refractivity contribution is -0.145. The Labute approximate surface area is 132 Å². The molecule has 21 heavy (non-hydrogen) atoms. The molecule has 0 saturated carbocycles. The zero-order chi connectivity index (χ0) is 15.9. The number of carboxylic acids is 1. The molecule has 1 rings (SSSR count). The van der Waals surface area contributed by atoms with Crippen LogP contribution in [0.5, 0.6) is 0 Å². The minimum atomic E-state index is -1.09. The number of rotatable bonds is 9. The van der Waals surface area contributed by atoms with Crippen molar-refractivity contribution in [3.8, 4) is 0 Å².